The molecule has 2 heterocycles. The Morgan fingerprint density at radius 3 is 2.63 bits per heavy atom. The maximum absolute atomic E-state index is 12.7. The van der Waals surface area contributed by atoms with Gasteiger partial charge in [-0.3, -0.25) is 4.79 Å². The Balaban J connectivity index is 1.40. The lowest BCUT2D eigenvalue weighted by molar-refractivity contribution is -0.128. The smallest absolute Gasteiger partial charge is 0.277 e. The van der Waals surface area contributed by atoms with E-state index in [1.165, 1.54) is 11.8 Å². The summed E-state index contributed by atoms with van der Waals surface area (Å²) in [4.78, 5) is 19.1. The molecule has 0 unspecified atom stereocenters. The number of hydrogen-bond acceptors (Lipinski definition) is 7. The lowest BCUT2D eigenvalue weighted by Gasteiger charge is -2.22. The van der Waals surface area contributed by atoms with Crippen molar-refractivity contribution in [2.24, 2.45) is 0 Å². The van der Waals surface area contributed by atoms with Crippen LogP contribution in [-0.4, -0.2) is 38.8 Å². The summed E-state index contributed by atoms with van der Waals surface area (Å²) < 4.78 is 6.88. The van der Waals surface area contributed by atoms with E-state index in [-0.39, 0.29) is 17.7 Å². The number of benzene rings is 2. The van der Waals surface area contributed by atoms with Crippen LogP contribution in [-0.2, 0) is 4.79 Å². The van der Waals surface area contributed by atoms with Crippen LogP contribution in [0.3, 0.4) is 0 Å². The third-order valence-corrected chi connectivity index (χ3v) is 6.85. The van der Waals surface area contributed by atoms with Gasteiger partial charge in [0, 0.05) is 12.6 Å². The van der Waals surface area contributed by atoms with Crippen LogP contribution in [0.1, 0.15) is 29.1 Å². The van der Waals surface area contributed by atoms with Gasteiger partial charge in [0.1, 0.15) is 5.01 Å². The SMILES string of the molecule is Cc1cc(C)cc(-c2nnc(SCC(=O)N(C)[C@H](C)c3nc4ccccc4s3)o2)c1. The maximum atomic E-state index is 12.7. The zero-order valence-electron chi connectivity index (χ0n) is 17.2. The number of rotatable bonds is 6. The highest BCUT2D eigenvalue weighted by Gasteiger charge is 2.21. The molecule has 0 aliphatic rings. The van der Waals surface area contributed by atoms with E-state index < -0.39 is 0 Å². The first-order valence-electron chi connectivity index (χ1n) is 9.57. The third-order valence-electron chi connectivity index (χ3n) is 4.84. The number of fused-ring (bicyclic) bond motifs is 1. The number of carbonyl (C=O) groups is 1. The van der Waals surface area contributed by atoms with Crippen LogP contribution in [0.5, 0.6) is 0 Å². The molecule has 1 amide bonds. The van der Waals surface area contributed by atoms with Crippen LogP contribution in [0.25, 0.3) is 21.7 Å². The topological polar surface area (TPSA) is 72.1 Å². The summed E-state index contributed by atoms with van der Waals surface area (Å²) in [5, 5.41) is 9.52. The Bertz CT molecular complexity index is 1150. The lowest BCUT2D eigenvalue weighted by Crippen LogP contribution is -2.31. The summed E-state index contributed by atoms with van der Waals surface area (Å²) in [5.41, 5.74) is 4.13. The fourth-order valence-corrected chi connectivity index (χ4v) is 4.91. The van der Waals surface area contributed by atoms with Crippen molar-refractivity contribution in [3.8, 4) is 11.5 Å². The van der Waals surface area contributed by atoms with Gasteiger partial charge in [0.05, 0.1) is 22.0 Å². The van der Waals surface area contributed by atoms with Crippen LogP contribution in [0.2, 0.25) is 0 Å². The molecule has 2 aromatic heterocycles. The minimum absolute atomic E-state index is 0.0158. The molecule has 0 fully saturated rings. The molecule has 2 aromatic carbocycles. The average molecular weight is 439 g/mol. The monoisotopic (exact) mass is 438 g/mol. The number of carbonyl (C=O) groups excluding carboxylic acids is 1. The number of thioether (sulfide) groups is 1. The van der Waals surface area contributed by atoms with Gasteiger partial charge in [0.2, 0.25) is 11.8 Å². The molecule has 6 nitrogen and oxygen atoms in total. The van der Waals surface area contributed by atoms with E-state index in [2.05, 4.69) is 21.2 Å². The number of thiazole rings is 1. The molecule has 4 aromatic rings. The van der Waals surface area contributed by atoms with Crippen molar-refractivity contribution in [3.05, 3.63) is 58.6 Å². The van der Waals surface area contributed by atoms with E-state index in [9.17, 15) is 4.79 Å². The van der Waals surface area contributed by atoms with Gasteiger partial charge in [-0.15, -0.1) is 21.5 Å². The number of aryl methyl sites for hydroxylation is 2. The number of aromatic nitrogens is 3. The second-order valence-electron chi connectivity index (χ2n) is 7.24. The van der Waals surface area contributed by atoms with Crippen LogP contribution >= 0.6 is 23.1 Å². The highest BCUT2D eigenvalue weighted by molar-refractivity contribution is 7.99. The van der Waals surface area contributed by atoms with E-state index in [0.717, 1.165) is 31.9 Å². The molecule has 0 aliphatic carbocycles. The fourth-order valence-electron chi connectivity index (χ4n) is 3.16. The molecular weight excluding hydrogens is 416 g/mol. The molecule has 0 saturated carbocycles. The largest absolute Gasteiger partial charge is 0.411 e. The summed E-state index contributed by atoms with van der Waals surface area (Å²) in [6.07, 6.45) is 0. The molecule has 0 N–H and O–H groups in total. The fraction of sp³-hybridized carbons (Fsp3) is 0.273. The standard InChI is InChI=1S/C22H22N4O2S2/c1-13-9-14(2)11-16(10-13)20-24-25-22(28-20)29-12-19(27)26(4)15(3)21-23-17-7-5-6-8-18(17)30-21/h5-11,15H,12H2,1-4H3/t15-/m1/s1. The van der Waals surface area contributed by atoms with Gasteiger partial charge >= 0.3 is 0 Å². The van der Waals surface area contributed by atoms with Crippen molar-refractivity contribution in [2.75, 3.05) is 12.8 Å². The summed E-state index contributed by atoms with van der Waals surface area (Å²) >= 11 is 2.87. The summed E-state index contributed by atoms with van der Waals surface area (Å²) in [6.45, 7) is 6.05. The van der Waals surface area contributed by atoms with Crippen LogP contribution < -0.4 is 0 Å². The highest BCUT2D eigenvalue weighted by atomic mass is 32.2. The normalized spacial score (nSPS) is 12.3. The van der Waals surface area contributed by atoms with Crippen molar-refractivity contribution in [1.29, 1.82) is 0 Å². The molecule has 30 heavy (non-hydrogen) atoms. The molecule has 1 atom stereocenters. The summed E-state index contributed by atoms with van der Waals surface area (Å²) in [5.74, 6) is 0.672. The van der Waals surface area contributed by atoms with Gasteiger partial charge in [-0.05, 0) is 45.0 Å². The van der Waals surface area contributed by atoms with Crippen molar-refractivity contribution in [3.63, 3.8) is 0 Å². The van der Waals surface area contributed by atoms with Gasteiger partial charge in [-0.2, -0.15) is 0 Å². The highest BCUT2D eigenvalue weighted by Crippen LogP contribution is 2.30. The van der Waals surface area contributed by atoms with Gasteiger partial charge in [0.25, 0.3) is 5.22 Å². The van der Waals surface area contributed by atoms with E-state index in [1.807, 2.05) is 57.2 Å². The lowest BCUT2D eigenvalue weighted by atomic mass is 10.1. The average Bonchev–Trinajstić information content (AvgIpc) is 3.37. The zero-order valence-corrected chi connectivity index (χ0v) is 18.9. The van der Waals surface area contributed by atoms with Crippen molar-refractivity contribution in [2.45, 2.75) is 32.0 Å². The summed E-state index contributed by atoms with van der Waals surface area (Å²) in [7, 11) is 1.80. The molecular formula is C22H22N4O2S2. The Kier molecular flexibility index (Phi) is 5.87. The van der Waals surface area contributed by atoms with Gasteiger partial charge < -0.3 is 9.32 Å². The second-order valence-corrected chi connectivity index (χ2v) is 9.23. The van der Waals surface area contributed by atoms with Crippen molar-refractivity contribution < 1.29 is 9.21 Å². The van der Waals surface area contributed by atoms with Crippen LogP contribution in [0, 0.1) is 13.8 Å². The third kappa shape index (κ3) is 4.39. The Morgan fingerprint density at radius 1 is 1.17 bits per heavy atom. The molecule has 154 valence electrons. The second kappa shape index (κ2) is 8.57. The predicted octanol–water partition coefficient (Wildman–Crippen LogP) is 5.27. The molecule has 0 aliphatic heterocycles. The van der Waals surface area contributed by atoms with Gasteiger partial charge in [0.15, 0.2) is 0 Å². The Hall–Kier alpha value is -2.71. The minimum Gasteiger partial charge on any atom is -0.411 e. The van der Waals surface area contributed by atoms with Crippen molar-refractivity contribution in [1.82, 2.24) is 20.1 Å². The molecule has 4 rings (SSSR count). The first-order valence-corrected chi connectivity index (χ1v) is 11.4. The van der Waals surface area contributed by atoms with E-state index in [4.69, 9.17) is 4.42 Å². The Labute approximate surface area is 183 Å². The number of amides is 1. The summed E-state index contributed by atoms with van der Waals surface area (Å²) in [6, 6.07) is 14.0. The number of hydrogen-bond donors (Lipinski definition) is 0. The molecule has 0 spiro atoms. The zero-order chi connectivity index (χ0) is 21.3. The predicted molar refractivity (Wildman–Crippen MR) is 121 cm³/mol. The first kappa shape index (κ1) is 20.6. The molecule has 8 heteroatoms. The minimum atomic E-state index is -0.107. The van der Waals surface area contributed by atoms with Crippen LogP contribution in [0.15, 0.2) is 52.1 Å². The van der Waals surface area contributed by atoms with E-state index in [1.54, 1.807) is 23.3 Å². The van der Waals surface area contributed by atoms with Crippen LogP contribution in [0.4, 0.5) is 0 Å². The molecule has 0 radical (unpaired) electrons. The Morgan fingerprint density at radius 2 is 1.90 bits per heavy atom. The van der Waals surface area contributed by atoms with Crippen molar-refractivity contribution >= 4 is 39.2 Å². The van der Waals surface area contributed by atoms with Gasteiger partial charge in [-0.25, -0.2) is 4.98 Å². The maximum Gasteiger partial charge on any atom is 0.277 e. The quantitative estimate of drug-likeness (QED) is 0.382. The van der Waals surface area contributed by atoms with E-state index >= 15 is 0 Å². The van der Waals surface area contributed by atoms with Gasteiger partial charge in [-0.1, -0.05) is 41.1 Å². The number of nitrogens with zero attached hydrogens (tertiary/aromatic N) is 4. The first-order chi connectivity index (χ1) is 14.4. The van der Waals surface area contributed by atoms with E-state index in [0.29, 0.717) is 11.1 Å². The molecule has 0 saturated heterocycles. The number of para-hydroxylation sites is 1. The molecule has 0 bridgehead atoms.